The van der Waals surface area contributed by atoms with Gasteiger partial charge in [0, 0.05) is 12.6 Å². The maximum absolute atomic E-state index is 12.2. The van der Waals surface area contributed by atoms with Gasteiger partial charge in [0.1, 0.15) is 0 Å². The molecule has 0 amide bonds. The van der Waals surface area contributed by atoms with E-state index in [2.05, 4.69) is 0 Å². The van der Waals surface area contributed by atoms with Crippen LogP contribution in [-0.4, -0.2) is 25.3 Å². The maximum Gasteiger partial charge on any atom is 0.243 e. The van der Waals surface area contributed by atoms with Crippen molar-refractivity contribution in [2.24, 2.45) is 0 Å². The van der Waals surface area contributed by atoms with Gasteiger partial charge < -0.3 is 0 Å². The summed E-state index contributed by atoms with van der Waals surface area (Å²) in [5.74, 6) is 0. The van der Waals surface area contributed by atoms with Crippen molar-refractivity contribution in [1.29, 1.82) is 0 Å². The number of nitrogens with zero attached hydrogens (tertiary/aromatic N) is 1. The molecule has 0 bridgehead atoms. The quantitative estimate of drug-likeness (QED) is 0.815. The van der Waals surface area contributed by atoms with Gasteiger partial charge in [0.05, 0.1) is 4.90 Å². The van der Waals surface area contributed by atoms with Gasteiger partial charge in [0.25, 0.3) is 0 Å². The Morgan fingerprint density at radius 2 is 1.76 bits per heavy atom. The molecule has 96 valence electrons. The summed E-state index contributed by atoms with van der Waals surface area (Å²) in [6.45, 7) is 6.62. The molecule has 0 N–H and O–H groups in total. The molecular formula is C13H21NO2S. The van der Waals surface area contributed by atoms with Crippen molar-refractivity contribution in [3.05, 3.63) is 30.3 Å². The first kappa shape index (κ1) is 14.2. The molecule has 1 aliphatic rings. The predicted molar refractivity (Wildman–Crippen MR) is 70.4 cm³/mol. The molecule has 0 aromatic heterocycles. The molecule has 3 nitrogen and oxygen atoms in total. The van der Waals surface area contributed by atoms with Crippen LogP contribution in [0.2, 0.25) is 0 Å². The second-order valence-corrected chi connectivity index (χ2v) is 5.81. The van der Waals surface area contributed by atoms with E-state index in [9.17, 15) is 8.42 Å². The van der Waals surface area contributed by atoms with Gasteiger partial charge in [-0.05, 0) is 31.9 Å². The summed E-state index contributed by atoms with van der Waals surface area (Å²) in [6.07, 6.45) is 1.93. The molecule has 1 aliphatic heterocycles. The van der Waals surface area contributed by atoms with Crippen LogP contribution in [0.4, 0.5) is 0 Å². The normalized spacial score (nSPS) is 20.8. The van der Waals surface area contributed by atoms with Gasteiger partial charge in [-0.15, -0.1) is 0 Å². The molecule has 4 heteroatoms. The van der Waals surface area contributed by atoms with Crippen molar-refractivity contribution < 1.29 is 8.42 Å². The molecule has 1 fully saturated rings. The fourth-order valence-corrected chi connectivity index (χ4v) is 3.71. The van der Waals surface area contributed by atoms with E-state index in [4.69, 9.17) is 0 Å². The zero-order chi connectivity index (χ0) is 12.9. The summed E-state index contributed by atoms with van der Waals surface area (Å²) in [4.78, 5) is 0.402. The van der Waals surface area contributed by atoms with E-state index in [1.165, 1.54) is 0 Å². The molecule has 1 heterocycles. The van der Waals surface area contributed by atoms with Gasteiger partial charge in [0.2, 0.25) is 10.0 Å². The summed E-state index contributed by atoms with van der Waals surface area (Å²) < 4.78 is 25.9. The van der Waals surface area contributed by atoms with E-state index in [1.54, 1.807) is 28.6 Å². The van der Waals surface area contributed by atoms with Crippen LogP contribution in [0.5, 0.6) is 0 Å². The lowest BCUT2D eigenvalue weighted by Crippen LogP contribution is -2.33. The Bertz CT molecular complexity index is 428. The van der Waals surface area contributed by atoms with Crippen LogP contribution in [-0.2, 0) is 10.0 Å². The standard InChI is InChI=1S/C11H15NO2S.C2H6/c1-10-6-5-9-12(10)15(13,14)11-7-3-2-4-8-11;1-2/h2-4,7-8,10H,5-6,9H2,1H3;1-2H3. The minimum Gasteiger partial charge on any atom is -0.207 e. The Labute approximate surface area is 105 Å². The lowest BCUT2D eigenvalue weighted by atomic mass is 10.3. The Balaban J connectivity index is 0.000000686. The van der Waals surface area contributed by atoms with Crippen LogP contribution in [0, 0.1) is 0 Å². The van der Waals surface area contributed by atoms with E-state index in [1.807, 2.05) is 26.8 Å². The largest absolute Gasteiger partial charge is 0.243 e. The number of benzene rings is 1. The van der Waals surface area contributed by atoms with Gasteiger partial charge in [-0.1, -0.05) is 32.0 Å². The molecule has 1 aromatic carbocycles. The fraction of sp³-hybridized carbons (Fsp3) is 0.538. The third kappa shape index (κ3) is 3.07. The number of rotatable bonds is 2. The average molecular weight is 255 g/mol. The van der Waals surface area contributed by atoms with E-state index in [-0.39, 0.29) is 6.04 Å². The molecule has 0 saturated carbocycles. The second kappa shape index (κ2) is 6.17. The Hall–Kier alpha value is -0.870. The minimum atomic E-state index is -3.25. The van der Waals surface area contributed by atoms with Gasteiger partial charge in [0.15, 0.2) is 0 Å². The van der Waals surface area contributed by atoms with Crippen LogP contribution in [0.15, 0.2) is 35.2 Å². The molecule has 2 rings (SSSR count). The fourth-order valence-electron chi connectivity index (χ4n) is 1.99. The van der Waals surface area contributed by atoms with E-state index < -0.39 is 10.0 Å². The average Bonchev–Trinajstić information content (AvgIpc) is 2.80. The lowest BCUT2D eigenvalue weighted by Gasteiger charge is -2.20. The SMILES string of the molecule is CC.CC1CCCN1S(=O)(=O)c1ccccc1. The smallest absolute Gasteiger partial charge is 0.207 e. The summed E-state index contributed by atoms with van der Waals surface area (Å²) in [7, 11) is -3.25. The third-order valence-corrected chi connectivity index (χ3v) is 4.87. The van der Waals surface area contributed by atoms with Crippen LogP contribution in [0.3, 0.4) is 0 Å². The van der Waals surface area contributed by atoms with Gasteiger partial charge >= 0.3 is 0 Å². The first-order chi connectivity index (χ1) is 8.12. The molecule has 17 heavy (non-hydrogen) atoms. The Kier molecular flexibility index (Phi) is 5.15. The molecule has 0 radical (unpaired) electrons. The third-order valence-electron chi connectivity index (χ3n) is 2.84. The molecule has 0 spiro atoms. The highest BCUT2D eigenvalue weighted by atomic mass is 32.2. The second-order valence-electron chi connectivity index (χ2n) is 3.92. The Morgan fingerprint density at radius 1 is 1.18 bits per heavy atom. The van der Waals surface area contributed by atoms with E-state index in [0.29, 0.717) is 11.4 Å². The van der Waals surface area contributed by atoms with Crippen molar-refractivity contribution in [3.63, 3.8) is 0 Å². The molecule has 1 atom stereocenters. The number of hydrogen-bond donors (Lipinski definition) is 0. The zero-order valence-electron chi connectivity index (χ0n) is 10.8. The van der Waals surface area contributed by atoms with Crippen molar-refractivity contribution in [3.8, 4) is 0 Å². The maximum atomic E-state index is 12.2. The molecule has 1 saturated heterocycles. The molecule has 1 unspecified atom stereocenters. The van der Waals surface area contributed by atoms with Crippen LogP contribution in [0.1, 0.15) is 33.6 Å². The number of sulfonamides is 1. The van der Waals surface area contributed by atoms with Gasteiger partial charge in [-0.25, -0.2) is 8.42 Å². The van der Waals surface area contributed by atoms with E-state index in [0.717, 1.165) is 12.8 Å². The highest BCUT2D eigenvalue weighted by Crippen LogP contribution is 2.25. The molecule has 1 aromatic rings. The highest BCUT2D eigenvalue weighted by molar-refractivity contribution is 7.89. The monoisotopic (exact) mass is 255 g/mol. The first-order valence-corrected chi connectivity index (χ1v) is 7.63. The Morgan fingerprint density at radius 3 is 2.24 bits per heavy atom. The van der Waals surface area contributed by atoms with E-state index >= 15 is 0 Å². The van der Waals surface area contributed by atoms with Crippen molar-refractivity contribution in [2.75, 3.05) is 6.54 Å². The molecule has 0 aliphatic carbocycles. The van der Waals surface area contributed by atoms with Crippen LogP contribution in [0.25, 0.3) is 0 Å². The summed E-state index contributed by atoms with van der Waals surface area (Å²) >= 11 is 0. The lowest BCUT2D eigenvalue weighted by molar-refractivity contribution is 0.408. The summed E-state index contributed by atoms with van der Waals surface area (Å²) in [6, 6.07) is 8.78. The van der Waals surface area contributed by atoms with Crippen LogP contribution >= 0.6 is 0 Å². The van der Waals surface area contributed by atoms with Crippen LogP contribution < -0.4 is 0 Å². The minimum absolute atomic E-state index is 0.134. The highest BCUT2D eigenvalue weighted by Gasteiger charge is 2.32. The number of hydrogen-bond acceptors (Lipinski definition) is 2. The molecular weight excluding hydrogens is 234 g/mol. The van der Waals surface area contributed by atoms with Gasteiger partial charge in [-0.3, -0.25) is 0 Å². The van der Waals surface area contributed by atoms with Crippen molar-refractivity contribution in [1.82, 2.24) is 4.31 Å². The first-order valence-electron chi connectivity index (χ1n) is 6.19. The zero-order valence-corrected chi connectivity index (χ0v) is 11.6. The predicted octanol–water partition coefficient (Wildman–Crippen LogP) is 2.89. The summed E-state index contributed by atoms with van der Waals surface area (Å²) in [5.41, 5.74) is 0. The topological polar surface area (TPSA) is 37.4 Å². The summed E-state index contributed by atoms with van der Waals surface area (Å²) in [5, 5.41) is 0. The van der Waals surface area contributed by atoms with Crippen molar-refractivity contribution in [2.45, 2.75) is 44.6 Å². The van der Waals surface area contributed by atoms with Crippen molar-refractivity contribution >= 4 is 10.0 Å². The van der Waals surface area contributed by atoms with Gasteiger partial charge in [-0.2, -0.15) is 4.31 Å².